The Labute approximate surface area is 119 Å². The summed E-state index contributed by atoms with van der Waals surface area (Å²) in [4.78, 5) is 0.0719. The lowest BCUT2D eigenvalue weighted by atomic mass is 10.1. The fourth-order valence-electron chi connectivity index (χ4n) is 2.19. The molecular formula is C13H20N2O4S. The minimum Gasteiger partial charge on any atom is -0.495 e. The van der Waals surface area contributed by atoms with Gasteiger partial charge < -0.3 is 15.2 Å². The molecular weight excluding hydrogens is 280 g/mol. The van der Waals surface area contributed by atoms with Crippen LogP contribution in [0.1, 0.15) is 12.8 Å². The second-order valence-corrected chi connectivity index (χ2v) is 6.56. The number of nitrogens with two attached hydrogens (primary N) is 1. The minimum atomic E-state index is -3.61. The molecule has 6 nitrogen and oxygen atoms in total. The molecule has 3 N–H and O–H groups in total. The van der Waals surface area contributed by atoms with Gasteiger partial charge in [-0.05, 0) is 37.0 Å². The van der Waals surface area contributed by atoms with E-state index in [9.17, 15) is 8.42 Å². The summed E-state index contributed by atoms with van der Waals surface area (Å²) in [5, 5.41) is 0. The summed E-state index contributed by atoms with van der Waals surface area (Å²) in [6.45, 7) is 1.86. The molecule has 1 atom stereocenters. The predicted molar refractivity (Wildman–Crippen MR) is 76.1 cm³/mol. The first-order valence-electron chi connectivity index (χ1n) is 6.54. The number of anilines is 1. The molecule has 0 bridgehead atoms. The number of ether oxygens (including phenoxy) is 2. The average Bonchev–Trinajstić information content (AvgIpc) is 2.91. The maximum Gasteiger partial charge on any atom is 0.244 e. The van der Waals surface area contributed by atoms with Gasteiger partial charge in [-0.25, -0.2) is 13.1 Å². The van der Waals surface area contributed by atoms with Crippen LogP contribution in [0.25, 0.3) is 0 Å². The molecule has 0 radical (unpaired) electrons. The SMILES string of the molecule is COc1ccc(N)cc1S(=O)(=O)NCCC1CCOC1. The fourth-order valence-corrected chi connectivity index (χ4v) is 3.44. The zero-order valence-electron chi connectivity index (χ0n) is 11.5. The Kier molecular flexibility index (Phi) is 4.85. The van der Waals surface area contributed by atoms with Crippen LogP contribution in [0.5, 0.6) is 5.75 Å². The van der Waals surface area contributed by atoms with Crippen LogP contribution in [0.3, 0.4) is 0 Å². The zero-order chi connectivity index (χ0) is 14.6. The molecule has 112 valence electrons. The molecule has 20 heavy (non-hydrogen) atoms. The lowest BCUT2D eigenvalue weighted by molar-refractivity contribution is 0.184. The number of rotatable bonds is 6. The minimum absolute atomic E-state index is 0.0719. The summed E-state index contributed by atoms with van der Waals surface area (Å²) in [6.07, 6.45) is 1.76. The van der Waals surface area contributed by atoms with Gasteiger partial charge in [-0.15, -0.1) is 0 Å². The highest BCUT2D eigenvalue weighted by Crippen LogP contribution is 2.25. The van der Waals surface area contributed by atoms with Gasteiger partial charge in [0.15, 0.2) is 0 Å². The van der Waals surface area contributed by atoms with Crippen molar-refractivity contribution in [3.63, 3.8) is 0 Å². The first-order chi connectivity index (χ1) is 9.53. The molecule has 2 rings (SSSR count). The fraction of sp³-hybridized carbons (Fsp3) is 0.538. The molecule has 1 fully saturated rings. The Morgan fingerprint density at radius 2 is 2.30 bits per heavy atom. The van der Waals surface area contributed by atoms with Gasteiger partial charge in [0.25, 0.3) is 0 Å². The molecule has 0 saturated carbocycles. The van der Waals surface area contributed by atoms with Crippen LogP contribution >= 0.6 is 0 Å². The van der Waals surface area contributed by atoms with Gasteiger partial charge in [-0.1, -0.05) is 0 Å². The number of methoxy groups -OCH3 is 1. The maximum atomic E-state index is 12.3. The van der Waals surface area contributed by atoms with E-state index in [0.29, 0.717) is 24.8 Å². The van der Waals surface area contributed by atoms with Crippen LogP contribution in [0.4, 0.5) is 5.69 Å². The standard InChI is InChI=1S/C13H20N2O4S/c1-18-12-3-2-11(14)8-13(12)20(16,17)15-6-4-10-5-7-19-9-10/h2-3,8,10,15H,4-7,9,14H2,1H3. The van der Waals surface area contributed by atoms with Crippen molar-refractivity contribution < 1.29 is 17.9 Å². The zero-order valence-corrected chi connectivity index (χ0v) is 12.3. The quantitative estimate of drug-likeness (QED) is 0.764. The number of hydrogen-bond donors (Lipinski definition) is 2. The third-order valence-corrected chi connectivity index (χ3v) is 4.83. The van der Waals surface area contributed by atoms with Crippen molar-refractivity contribution in [2.75, 3.05) is 32.6 Å². The maximum absolute atomic E-state index is 12.3. The van der Waals surface area contributed by atoms with Crippen molar-refractivity contribution in [3.8, 4) is 5.75 Å². The van der Waals surface area contributed by atoms with E-state index in [4.69, 9.17) is 15.2 Å². The molecule has 7 heteroatoms. The van der Waals surface area contributed by atoms with Gasteiger partial charge in [0.2, 0.25) is 10.0 Å². The highest BCUT2D eigenvalue weighted by Gasteiger charge is 2.21. The van der Waals surface area contributed by atoms with Crippen molar-refractivity contribution in [3.05, 3.63) is 18.2 Å². The van der Waals surface area contributed by atoms with E-state index in [-0.39, 0.29) is 10.6 Å². The van der Waals surface area contributed by atoms with Crippen molar-refractivity contribution in [2.45, 2.75) is 17.7 Å². The molecule has 1 heterocycles. The van der Waals surface area contributed by atoms with Crippen LogP contribution in [0, 0.1) is 5.92 Å². The Hall–Kier alpha value is -1.31. The van der Waals surface area contributed by atoms with Crippen molar-refractivity contribution in [1.29, 1.82) is 0 Å². The smallest absolute Gasteiger partial charge is 0.244 e. The van der Waals surface area contributed by atoms with E-state index in [1.54, 1.807) is 12.1 Å². The normalized spacial score (nSPS) is 19.1. The summed E-state index contributed by atoms with van der Waals surface area (Å²) in [5.74, 6) is 0.719. The number of benzene rings is 1. The molecule has 1 unspecified atom stereocenters. The molecule has 1 aromatic carbocycles. The lowest BCUT2D eigenvalue weighted by Crippen LogP contribution is -2.26. The molecule has 1 saturated heterocycles. The van der Waals surface area contributed by atoms with Gasteiger partial charge >= 0.3 is 0 Å². The van der Waals surface area contributed by atoms with Gasteiger partial charge in [0.1, 0.15) is 10.6 Å². The van der Waals surface area contributed by atoms with Crippen LogP contribution in [0.15, 0.2) is 23.1 Å². The van der Waals surface area contributed by atoms with E-state index in [1.165, 1.54) is 13.2 Å². The molecule has 0 amide bonds. The Morgan fingerprint density at radius 3 is 2.95 bits per heavy atom. The monoisotopic (exact) mass is 300 g/mol. The van der Waals surface area contributed by atoms with Crippen LogP contribution < -0.4 is 15.2 Å². The molecule has 0 aromatic heterocycles. The van der Waals surface area contributed by atoms with Crippen molar-refractivity contribution in [1.82, 2.24) is 4.72 Å². The van der Waals surface area contributed by atoms with Crippen LogP contribution in [-0.4, -0.2) is 35.3 Å². The largest absolute Gasteiger partial charge is 0.495 e. The van der Waals surface area contributed by atoms with E-state index in [1.807, 2.05) is 0 Å². The number of hydrogen-bond acceptors (Lipinski definition) is 5. The van der Waals surface area contributed by atoms with Crippen molar-refractivity contribution >= 4 is 15.7 Å². The lowest BCUT2D eigenvalue weighted by Gasteiger charge is -2.12. The third-order valence-electron chi connectivity index (χ3n) is 3.35. The Balaban J connectivity index is 2.03. The highest BCUT2D eigenvalue weighted by atomic mass is 32.2. The second-order valence-electron chi connectivity index (χ2n) is 4.83. The van der Waals surface area contributed by atoms with Crippen molar-refractivity contribution in [2.24, 2.45) is 5.92 Å². The highest BCUT2D eigenvalue weighted by molar-refractivity contribution is 7.89. The number of sulfonamides is 1. The number of nitrogen functional groups attached to an aromatic ring is 1. The van der Waals surface area contributed by atoms with Crippen LogP contribution in [0.2, 0.25) is 0 Å². The van der Waals surface area contributed by atoms with E-state index in [0.717, 1.165) is 19.4 Å². The van der Waals surface area contributed by atoms with Crippen LogP contribution in [-0.2, 0) is 14.8 Å². The average molecular weight is 300 g/mol. The summed E-state index contributed by atoms with van der Waals surface area (Å²) in [6, 6.07) is 4.56. The second kappa shape index (κ2) is 6.43. The molecule has 1 aromatic rings. The summed E-state index contributed by atoms with van der Waals surface area (Å²) in [7, 11) is -2.18. The first-order valence-corrected chi connectivity index (χ1v) is 8.02. The van der Waals surface area contributed by atoms with E-state index in [2.05, 4.69) is 4.72 Å². The summed E-state index contributed by atoms with van der Waals surface area (Å²) < 4.78 is 37.4. The van der Waals surface area contributed by atoms with Gasteiger partial charge in [0, 0.05) is 25.4 Å². The summed E-state index contributed by atoms with van der Waals surface area (Å²) >= 11 is 0. The Bertz CT molecular complexity index is 553. The van der Waals surface area contributed by atoms with E-state index < -0.39 is 10.0 Å². The first kappa shape index (κ1) is 15.1. The third kappa shape index (κ3) is 3.62. The molecule has 0 aliphatic carbocycles. The van der Waals surface area contributed by atoms with E-state index >= 15 is 0 Å². The molecule has 1 aliphatic heterocycles. The molecule has 0 spiro atoms. The number of nitrogens with one attached hydrogen (secondary N) is 1. The van der Waals surface area contributed by atoms with Gasteiger partial charge in [-0.2, -0.15) is 0 Å². The summed E-state index contributed by atoms with van der Waals surface area (Å²) in [5.41, 5.74) is 6.03. The predicted octanol–water partition coefficient (Wildman–Crippen LogP) is 0.982. The molecule has 1 aliphatic rings. The van der Waals surface area contributed by atoms with Gasteiger partial charge in [0.05, 0.1) is 7.11 Å². The topological polar surface area (TPSA) is 90.7 Å². The van der Waals surface area contributed by atoms with Gasteiger partial charge in [-0.3, -0.25) is 0 Å². The Morgan fingerprint density at radius 1 is 1.50 bits per heavy atom.